The number of urea groups is 1. The molecule has 0 bridgehead atoms. The third-order valence-electron chi connectivity index (χ3n) is 2.48. The van der Waals surface area contributed by atoms with Crippen LogP contribution in [0.15, 0.2) is 24.3 Å². The van der Waals surface area contributed by atoms with Gasteiger partial charge in [-0.15, -0.1) is 0 Å². The second kappa shape index (κ2) is 8.34. The molecule has 3 N–H and O–H groups in total. The number of nitrogens with one attached hydrogen (secondary N) is 2. The molecule has 0 aliphatic rings. The highest BCUT2D eigenvalue weighted by atomic mass is 16.5. The van der Waals surface area contributed by atoms with Crippen LogP contribution in [0.1, 0.15) is 6.42 Å². The number of ether oxygens (including phenoxy) is 2. The smallest absolute Gasteiger partial charge is 0.319 e. The summed E-state index contributed by atoms with van der Waals surface area (Å²) in [6.45, 7) is 0.626. The monoisotopic (exact) mass is 268 g/mol. The maximum absolute atomic E-state index is 11.6. The third-order valence-corrected chi connectivity index (χ3v) is 2.48. The third kappa shape index (κ3) is 5.58. The van der Waals surface area contributed by atoms with Gasteiger partial charge in [0, 0.05) is 13.7 Å². The molecular weight excluding hydrogens is 248 g/mol. The molecule has 0 aliphatic heterocycles. The lowest BCUT2D eigenvalue weighted by molar-refractivity contribution is 0.0599. The van der Waals surface area contributed by atoms with Gasteiger partial charge >= 0.3 is 6.03 Å². The first-order valence-corrected chi connectivity index (χ1v) is 6.02. The van der Waals surface area contributed by atoms with Gasteiger partial charge in [0.2, 0.25) is 0 Å². The second-order valence-electron chi connectivity index (χ2n) is 3.98. The molecular formula is C13H20N2O4. The Labute approximate surface area is 112 Å². The molecule has 0 radical (unpaired) electrons. The fourth-order valence-electron chi connectivity index (χ4n) is 1.54. The second-order valence-corrected chi connectivity index (χ2v) is 3.98. The van der Waals surface area contributed by atoms with Crippen LogP contribution >= 0.6 is 0 Å². The average Bonchev–Trinajstić information content (AvgIpc) is 2.39. The fraction of sp³-hybridized carbons (Fsp3) is 0.462. The number of methoxy groups -OCH3 is 2. The zero-order valence-corrected chi connectivity index (χ0v) is 11.2. The number of aliphatic hydroxyl groups is 1. The summed E-state index contributed by atoms with van der Waals surface area (Å²) in [5, 5.41) is 14.7. The van der Waals surface area contributed by atoms with Crippen molar-refractivity contribution in [3.8, 4) is 5.75 Å². The molecule has 0 fully saturated rings. The first-order valence-electron chi connectivity index (χ1n) is 6.02. The van der Waals surface area contributed by atoms with E-state index in [9.17, 15) is 9.90 Å². The molecule has 2 amide bonds. The molecule has 19 heavy (non-hydrogen) atoms. The minimum Gasteiger partial charge on any atom is -0.495 e. The van der Waals surface area contributed by atoms with Crippen LogP contribution in [-0.2, 0) is 4.74 Å². The van der Waals surface area contributed by atoms with E-state index in [0.29, 0.717) is 24.4 Å². The van der Waals surface area contributed by atoms with Gasteiger partial charge < -0.3 is 25.2 Å². The normalized spacial score (nSPS) is 11.7. The number of amides is 2. The summed E-state index contributed by atoms with van der Waals surface area (Å²) in [6.07, 6.45) is -0.135. The largest absolute Gasteiger partial charge is 0.495 e. The highest BCUT2D eigenvalue weighted by molar-refractivity contribution is 5.90. The Kier molecular flexibility index (Phi) is 6.70. The predicted octanol–water partition coefficient (Wildman–Crippen LogP) is 1.21. The minimum atomic E-state index is -0.573. The average molecular weight is 268 g/mol. The maximum atomic E-state index is 11.6. The lowest BCUT2D eigenvalue weighted by Gasteiger charge is -2.12. The van der Waals surface area contributed by atoms with E-state index < -0.39 is 6.10 Å². The van der Waals surface area contributed by atoms with Crippen molar-refractivity contribution in [2.75, 3.05) is 32.7 Å². The van der Waals surface area contributed by atoms with E-state index in [1.54, 1.807) is 25.3 Å². The van der Waals surface area contributed by atoms with Crippen LogP contribution < -0.4 is 15.4 Å². The summed E-state index contributed by atoms with van der Waals surface area (Å²) >= 11 is 0. The van der Waals surface area contributed by atoms with Crippen LogP contribution in [0.5, 0.6) is 5.75 Å². The number of benzene rings is 1. The van der Waals surface area contributed by atoms with E-state index in [2.05, 4.69) is 10.6 Å². The van der Waals surface area contributed by atoms with Gasteiger partial charge in [-0.1, -0.05) is 12.1 Å². The van der Waals surface area contributed by atoms with Crippen molar-refractivity contribution in [2.24, 2.45) is 0 Å². The van der Waals surface area contributed by atoms with E-state index in [-0.39, 0.29) is 12.6 Å². The van der Waals surface area contributed by atoms with Gasteiger partial charge in [0.1, 0.15) is 5.75 Å². The Bertz CT molecular complexity index is 398. The zero-order chi connectivity index (χ0) is 14.1. The lowest BCUT2D eigenvalue weighted by Crippen LogP contribution is -2.32. The van der Waals surface area contributed by atoms with Gasteiger partial charge in [0.25, 0.3) is 0 Å². The molecule has 1 atom stereocenters. The van der Waals surface area contributed by atoms with Crippen molar-refractivity contribution in [3.63, 3.8) is 0 Å². The van der Waals surface area contributed by atoms with Crippen LogP contribution in [0, 0.1) is 0 Å². The number of hydrogen-bond acceptors (Lipinski definition) is 4. The summed E-state index contributed by atoms with van der Waals surface area (Å²) in [7, 11) is 3.06. The van der Waals surface area contributed by atoms with Crippen molar-refractivity contribution >= 4 is 11.7 Å². The Morgan fingerprint density at radius 1 is 1.37 bits per heavy atom. The van der Waals surface area contributed by atoms with Crippen LogP contribution in [-0.4, -0.2) is 44.6 Å². The molecule has 106 valence electrons. The van der Waals surface area contributed by atoms with Crippen molar-refractivity contribution in [2.45, 2.75) is 12.5 Å². The van der Waals surface area contributed by atoms with Gasteiger partial charge in [0.15, 0.2) is 0 Å². The predicted molar refractivity (Wildman–Crippen MR) is 72.5 cm³/mol. The zero-order valence-electron chi connectivity index (χ0n) is 11.2. The molecule has 0 spiro atoms. The van der Waals surface area contributed by atoms with Crippen LogP contribution in [0.3, 0.4) is 0 Å². The number of aliphatic hydroxyl groups excluding tert-OH is 1. The number of para-hydroxylation sites is 2. The number of hydrogen-bond donors (Lipinski definition) is 3. The Morgan fingerprint density at radius 2 is 2.11 bits per heavy atom. The van der Waals surface area contributed by atoms with Crippen molar-refractivity contribution in [1.82, 2.24) is 5.32 Å². The van der Waals surface area contributed by atoms with E-state index in [0.717, 1.165) is 0 Å². The highest BCUT2D eigenvalue weighted by Gasteiger charge is 2.07. The number of carbonyl (C=O) groups is 1. The van der Waals surface area contributed by atoms with Crippen molar-refractivity contribution in [1.29, 1.82) is 0 Å². The summed E-state index contributed by atoms with van der Waals surface area (Å²) in [5.74, 6) is 0.595. The Hall–Kier alpha value is -1.79. The quantitative estimate of drug-likeness (QED) is 0.694. The topological polar surface area (TPSA) is 79.8 Å². The van der Waals surface area contributed by atoms with Crippen molar-refractivity contribution < 1.29 is 19.4 Å². The molecule has 0 saturated heterocycles. The molecule has 1 aromatic carbocycles. The van der Waals surface area contributed by atoms with Gasteiger partial charge in [-0.3, -0.25) is 0 Å². The molecule has 0 aliphatic carbocycles. The van der Waals surface area contributed by atoms with Crippen LogP contribution in [0.25, 0.3) is 0 Å². The molecule has 6 nitrogen and oxygen atoms in total. The number of carbonyl (C=O) groups excluding carboxylic acids is 1. The number of rotatable bonds is 7. The van der Waals surface area contributed by atoms with E-state index in [1.165, 1.54) is 7.11 Å². The highest BCUT2D eigenvalue weighted by Crippen LogP contribution is 2.22. The van der Waals surface area contributed by atoms with E-state index in [4.69, 9.17) is 9.47 Å². The molecule has 6 heteroatoms. The molecule has 1 unspecified atom stereocenters. The summed E-state index contributed by atoms with van der Waals surface area (Å²) in [4.78, 5) is 11.6. The molecule has 1 aromatic rings. The SMILES string of the molecule is COCC(O)CCNC(=O)Nc1ccccc1OC. The van der Waals surface area contributed by atoms with Crippen molar-refractivity contribution in [3.05, 3.63) is 24.3 Å². The summed E-state index contributed by atoms with van der Waals surface area (Å²) in [5.41, 5.74) is 0.597. The standard InChI is InChI=1S/C13H20N2O4/c1-18-9-10(16)7-8-14-13(17)15-11-5-3-4-6-12(11)19-2/h3-6,10,16H,7-9H2,1-2H3,(H2,14,15,17). The summed E-state index contributed by atoms with van der Waals surface area (Å²) in [6, 6.07) is 6.80. The Morgan fingerprint density at radius 3 is 2.79 bits per heavy atom. The van der Waals surface area contributed by atoms with E-state index >= 15 is 0 Å². The molecule has 0 saturated carbocycles. The van der Waals surface area contributed by atoms with Gasteiger partial charge in [0.05, 0.1) is 25.5 Å². The molecule has 0 heterocycles. The van der Waals surface area contributed by atoms with Crippen LogP contribution in [0.2, 0.25) is 0 Å². The Balaban J connectivity index is 2.35. The van der Waals surface area contributed by atoms with E-state index in [1.807, 2.05) is 6.07 Å². The van der Waals surface area contributed by atoms with Gasteiger partial charge in [-0.05, 0) is 18.6 Å². The first-order chi connectivity index (χ1) is 9.17. The summed E-state index contributed by atoms with van der Waals surface area (Å²) < 4.78 is 9.91. The molecule has 0 aromatic heterocycles. The first kappa shape index (κ1) is 15.3. The van der Waals surface area contributed by atoms with Crippen LogP contribution in [0.4, 0.5) is 10.5 Å². The molecule has 1 rings (SSSR count). The van der Waals surface area contributed by atoms with Gasteiger partial charge in [-0.25, -0.2) is 4.79 Å². The van der Waals surface area contributed by atoms with Gasteiger partial charge in [-0.2, -0.15) is 0 Å². The fourth-order valence-corrected chi connectivity index (χ4v) is 1.54. The number of anilines is 1. The minimum absolute atomic E-state index is 0.260. The maximum Gasteiger partial charge on any atom is 0.319 e. The lowest BCUT2D eigenvalue weighted by atomic mass is 10.2.